The van der Waals surface area contributed by atoms with Gasteiger partial charge in [0.2, 0.25) is 0 Å². The minimum absolute atomic E-state index is 0.499. The summed E-state index contributed by atoms with van der Waals surface area (Å²) in [7, 11) is 0. The van der Waals surface area contributed by atoms with Crippen LogP contribution in [0.25, 0.3) is 0 Å². The highest BCUT2D eigenvalue weighted by Crippen LogP contribution is 2.34. The Morgan fingerprint density at radius 2 is 2.21 bits per heavy atom. The molecule has 1 N–H and O–H groups in total. The SMILES string of the molecule is CCNC(c1sccc1Br)C(C)CC. The minimum atomic E-state index is 0.499. The van der Waals surface area contributed by atoms with Crippen molar-refractivity contribution in [2.45, 2.75) is 33.2 Å². The summed E-state index contributed by atoms with van der Waals surface area (Å²) in [4.78, 5) is 1.43. The van der Waals surface area contributed by atoms with Crippen molar-refractivity contribution in [3.8, 4) is 0 Å². The molecule has 1 nitrogen and oxygen atoms in total. The number of rotatable bonds is 5. The van der Waals surface area contributed by atoms with E-state index in [-0.39, 0.29) is 0 Å². The van der Waals surface area contributed by atoms with E-state index >= 15 is 0 Å². The molecular weight excluding hydrogens is 258 g/mol. The average molecular weight is 276 g/mol. The molecule has 0 aromatic carbocycles. The summed E-state index contributed by atoms with van der Waals surface area (Å²) in [6, 6.07) is 2.63. The number of thiophene rings is 1. The monoisotopic (exact) mass is 275 g/mol. The predicted molar refractivity (Wildman–Crippen MR) is 67.9 cm³/mol. The molecule has 80 valence electrons. The molecule has 0 amide bonds. The van der Waals surface area contributed by atoms with Crippen molar-refractivity contribution in [2.75, 3.05) is 6.54 Å². The van der Waals surface area contributed by atoms with Crippen LogP contribution in [0, 0.1) is 5.92 Å². The third-order valence-corrected chi connectivity index (χ3v) is 4.52. The number of hydrogen-bond donors (Lipinski definition) is 1. The lowest BCUT2D eigenvalue weighted by molar-refractivity contribution is 0.388. The highest BCUT2D eigenvalue weighted by atomic mass is 79.9. The van der Waals surface area contributed by atoms with Crippen LogP contribution in [-0.2, 0) is 0 Å². The second-order valence-electron chi connectivity index (χ2n) is 3.55. The highest BCUT2D eigenvalue weighted by Gasteiger charge is 2.19. The first-order chi connectivity index (χ1) is 6.70. The van der Waals surface area contributed by atoms with Gasteiger partial charge < -0.3 is 5.32 Å². The zero-order chi connectivity index (χ0) is 10.6. The zero-order valence-corrected chi connectivity index (χ0v) is 11.4. The summed E-state index contributed by atoms with van der Waals surface area (Å²) in [5.41, 5.74) is 0. The summed E-state index contributed by atoms with van der Waals surface area (Å²) in [6.07, 6.45) is 1.21. The van der Waals surface area contributed by atoms with Crippen molar-refractivity contribution in [1.29, 1.82) is 0 Å². The standard InChI is InChI=1S/C11H18BrNS/c1-4-8(3)10(13-5-2)11-9(12)6-7-14-11/h6-8,10,13H,4-5H2,1-3H3. The van der Waals surface area contributed by atoms with Crippen molar-refractivity contribution < 1.29 is 0 Å². The molecule has 0 aliphatic carbocycles. The molecule has 0 spiro atoms. The Morgan fingerprint density at radius 3 is 2.64 bits per heavy atom. The van der Waals surface area contributed by atoms with Crippen LogP contribution in [0.2, 0.25) is 0 Å². The fourth-order valence-electron chi connectivity index (χ4n) is 1.54. The van der Waals surface area contributed by atoms with Gasteiger partial charge in [-0.25, -0.2) is 0 Å². The molecule has 0 saturated carbocycles. The van der Waals surface area contributed by atoms with Crippen molar-refractivity contribution >= 4 is 27.3 Å². The van der Waals surface area contributed by atoms with Gasteiger partial charge in [-0.05, 0) is 39.8 Å². The first-order valence-corrected chi connectivity index (χ1v) is 6.84. The van der Waals surface area contributed by atoms with Gasteiger partial charge >= 0.3 is 0 Å². The second kappa shape index (κ2) is 5.89. The summed E-state index contributed by atoms with van der Waals surface area (Å²) in [6.45, 7) is 7.74. The van der Waals surface area contributed by atoms with E-state index in [0.717, 1.165) is 6.54 Å². The molecule has 0 aliphatic heterocycles. The maximum absolute atomic E-state index is 3.60. The van der Waals surface area contributed by atoms with E-state index in [0.29, 0.717) is 12.0 Å². The van der Waals surface area contributed by atoms with Crippen LogP contribution < -0.4 is 5.32 Å². The summed E-state index contributed by atoms with van der Waals surface area (Å²) in [5.74, 6) is 0.685. The first kappa shape index (κ1) is 12.2. The van der Waals surface area contributed by atoms with Crippen LogP contribution in [0.4, 0.5) is 0 Å². The van der Waals surface area contributed by atoms with Crippen LogP contribution in [0.15, 0.2) is 15.9 Å². The fraction of sp³-hybridized carbons (Fsp3) is 0.636. The van der Waals surface area contributed by atoms with Gasteiger partial charge in [0.25, 0.3) is 0 Å². The summed E-state index contributed by atoms with van der Waals surface area (Å²) >= 11 is 5.44. The topological polar surface area (TPSA) is 12.0 Å². The number of hydrogen-bond acceptors (Lipinski definition) is 2. The Labute approximate surface area is 99.0 Å². The van der Waals surface area contributed by atoms with Gasteiger partial charge in [-0.2, -0.15) is 0 Å². The number of halogens is 1. The van der Waals surface area contributed by atoms with E-state index in [1.54, 1.807) is 0 Å². The van der Waals surface area contributed by atoms with Crippen molar-refractivity contribution in [1.82, 2.24) is 5.32 Å². The zero-order valence-electron chi connectivity index (χ0n) is 9.01. The van der Waals surface area contributed by atoms with Gasteiger partial charge in [-0.1, -0.05) is 27.2 Å². The molecule has 0 aliphatic rings. The molecule has 0 fully saturated rings. The lowest BCUT2D eigenvalue weighted by atomic mass is 9.98. The average Bonchev–Trinajstić information content (AvgIpc) is 2.60. The molecule has 1 heterocycles. The van der Waals surface area contributed by atoms with Gasteiger partial charge in [-0.3, -0.25) is 0 Å². The van der Waals surface area contributed by atoms with E-state index in [1.165, 1.54) is 15.8 Å². The first-order valence-electron chi connectivity index (χ1n) is 5.16. The molecule has 1 aromatic rings. The maximum atomic E-state index is 3.60. The van der Waals surface area contributed by atoms with E-state index < -0.39 is 0 Å². The molecule has 3 heteroatoms. The Morgan fingerprint density at radius 1 is 1.50 bits per heavy atom. The quantitative estimate of drug-likeness (QED) is 0.849. The molecule has 1 rings (SSSR count). The fourth-order valence-corrected chi connectivity index (χ4v) is 3.36. The second-order valence-corrected chi connectivity index (χ2v) is 5.36. The molecule has 14 heavy (non-hydrogen) atoms. The van der Waals surface area contributed by atoms with Crippen molar-refractivity contribution in [3.63, 3.8) is 0 Å². The Kier molecular flexibility index (Phi) is 5.13. The highest BCUT2D eigenvalue weighted by molar-refractivity contribution is 9.10. The maximum Gasteiger partial charge on any atom is 0.0452 e. The predicted octanol–water partition coefficient (Wildman–Crippen LogP) is 4.21. The third-order valence-electron chi connectivity index (χ3n) is 2.56. The van der Waals surface area contributed by atoms with Crippen LogP contribution in [0.5, 0.6) is 0 Å². The van der Waals surface area contributed by atoms with Gasteiger partial charge in [0.1, 0.15) is 0 Å². The van der Waals surface area contributed by atoms with Gasteiger partial charge in [0, 0.05) is 15.4 Å². The number of nitrogens with one attached hydrogen (secondary N) is 1. The molecule has 0 radical (unpaired) electrons. The molecule has 0 bridgehead atoms. The minimum Gasteiger partial charge on any atom is -0.309 e. The Balaban J connectivity index is 2.82. The van der Waals surface area contributed by atoms with Crippen LogP contribution in [-0.4, -0.2) is 6.54 Å². The lowest BCUT2D eigenvalue weighted by Crippen LogP contribution is -2.25. The molecule has 2 unspecified atom stereocenters. The Bertz CT molecular complexity index is 272. The summed E-state index contributed by atoms with van der Waals surface area (Å²) in [5, 5.41) is 5.70. The van der Waals surface area contributed by atoms with Crippen LogP contribution in [0.1, 0.15) is 38.1 Å². The van der Waals surface area contributed by atoms with Gasteiger partial charge in [0.15, 0.2) is 0 Å². The molecule has 2 atom stereocenters. The van der Waals surface area contributed by atoms with Crippen LogP contribution in [0.3, 0.4) is 0 Å². The molecule has 0 saturated heterocycles. The van der Waals surface area contributed by atoms with E-state index in [9.17, 15) is 0 Å². The van der Waals surface area contributed by atoms with Crippen molar-refractivity contribution in [2.24, 2.45) is 5.92 Å². The normalized spacial score (nSPS) is 15.4. The molecular formula is C11H18BrNS. The molecule has 1 aromatic heterocycles. The smallest absolute Gasteiger partial charge is 0.0452 e. The van der Waals surface area contributed by atoms with E-state index in [4.69, 9.17) is 0 Å². The van der Waals surface area contributed by atoms with E-state index in [2.05, 4.69) is 53.5 Å². The van der Waals surface area contributed by atoms with Gasteiger partial charge in [-0.15, -0.1) is 11.3 Å². The van der Waals surface area contributed by atoms with Crippen molar-refractivity contribution in [3.05, 3.63) is 20.8 Å². The lowest BCUT2D eigenvalue weighted by Gasteiger charge is -2.23. The van der Waals surface area contributed by atoms with Crippen LogP contribution >= 0.6 is 27.3 Å². The van der Waals surface area contributed by atoms with Gasteiger partial charge in [0.05, 0.1) is 0 Å². The summed E-state index contributed by atoms with van der Waals surface area (Å²) < 4.78 is 1.24. The Hall–Kier alpha value is 0.140. The third kappa shape index (κ3) is 2.81. The van der Waals surface area contributed by atoms with E-state index in [1.807, 2.05) is 11.3 Å². The largest absolute Gasteiger partial charge is 0.309 e.